The summed E-state index contributed by atoms with van der Waals surface area (Å²) in [5.41, 5.74) is 1.86. The lowest BCUT2D eigenvalue weighted by Crippen LogP contribution is -2.50. The Morgan fingerprint density at radius 2 is 1.61 bits per heavy atom. The molecule has 0 unspecified atom stereocenters. The van der Waals surface area contributed by atoms with Gasteiger partial charge in [0.2, 0.25) is 0 Å². The number of hydrogen-bond acceptors (Lipinski definition) is 5. The number of carbonyl (C=O) groups is 3. The van der Waals surface area contributed by atoms with Gasteiger partial charge in [-0.25, -0.2) is 9.59 Å². The smallest absolute Gasteiger partial charge is 0.323 e. The minimum Gasteiger partial charge on any atom is -0.485 e. The van der Waals surface area contributed by atoms with Gasteiger partial charge in [0.1, 0.15) is 6.10 Å². The van der Waals surface area contributed by atoms with E-state index in [1.165, 1.54) is 0 Å². The van der Waals surface area contributed by atoms with Crippen LogP contribution < -0.4 is 20.7 Å². The quantitative estimate of drug-likeness (QED) is 0.213. The van der Waals surface area contributed by atoms with Crippen LogP contribution in [0.4, 0.5) is 26.7 Å². The maximum absolute atomic E-state index is 13.7. The Morgan fingerprint density at radius 3 is 2.39 bits per heavy atom. The molecular weight excluding hydrogens is 558 g/mol. The van der Waals surface area contributed by atoms with E-state index in [4.69, 9.17) is 4.74 Å². The van der Waals surface area contributed by atoms with E-state index in [0.29, 0.717) is 23.6 Å². The summed E-state index contributed by atoms with van der Waals surface area (Å²) in [6.45, 7) is 3.99. The van der Waals surface area contributed by atoms with E-state index in [-0.39, 0.29) is 42.3 Å². The van der Waals surface area contributed by atoms with Crippen molar-refractivity contribution in [3.63, 3.8) is 0 Å². The van der Waals surface area contributed by atoms with Crippen molar-refractivity contribution < 1.29 is 24.2 Å². The fraction of sp³-hybridized carbons (Fsp3) is 0.265. The Kier molecular flexibility index (Phi) is 9.30. The van der Waals surface area contributed by atoms with Crippen molar-refractivity contribution in [2.75, 3.05) is 42.7 Å². The number of fused-ring (bicyclic) bond motifs is 2. The first-order valence-corrected chi connectivity index (χ1v) is 14.6. The van der Waals surface area contributed by atoms with Crippen molar-refractivity contribution in [2.24, 2.45) is 5.92 Å². The van der Waals surface area contributed by atoms with Crippen molar-refractivity contribution in [3.8, 4) is 5.75 Å². The van der Waals surface area contributed by atoms with Gasteiger partial charge in [0.25, 0.3) is 5.91 Å². The lowest BCUT2D eigenvalue weighted by atomic mass is 9.99. The summed E-state index contributed by atoms with van der Waals surface area (Å²) in [5, 5.41) is 20.5. The van der Waals surface area contributed by atoms with Gasteiger partial charge in [-0.2, -0.15) is 0 Å². The zero-order valence-corrected chi connectivity index (χ0v) is 25.0. The standard InChI is InChI=1S/C34H37N5O5/c1-22-19-39(23(2)21-40)32(41)27-16-10-18-29(36-33(42)35-25-13-5-4-6-14-25)31(27)44-30(22)20-38(3)34(43)37-28-17-9-12-24-11-7-8-15-26(24)28/h4-18,22-23,30,40H,19-21H2,1-3H3,(H,37,43)(H2,35,36,42)/t22-,23-,30-/m1/s1. The molecule has 44 heavy (non-hydrogen) atoms. The average Bonchev–Trinajstić information content (AvgIpc) is 3.03. The van der Waals surface area contributed by atoms with Gasteiger partial charge in [0, 0.05) is 30.6 Å². The number of hydrogen-bond donors (Lipinski definition) is 4. The number of nitrogens with one attached hydrogen (secondary N) is 3. The summed E-state index contributed by atoms with van der Waals surface area (Å²) >= 11 is 0. The molecule has 1 aliphatic heterocycles. The number of nitrogens with zero attached hydrogens (tertiary/aromatic N) is 2. The number of carbonyl (C=O) groups excluding carboxylic acids is 3. The zero-order valence-electron chi connectivity index (χ0n) is 25.0. The third kappa shape index (κ3) is 6.76. The fourth-order valence-electron chi connectivity index (χ4n) is 5.26. The molecule has 0 radical (unpaired) electrons. The van der Waals surface area contributed by atoms with Gasteiger partial charge >= 0.3 is 12.1 Å². The maximum Gasteiger partial charge on any atom is 0.323 e. The second-order valence-corrected chi connectivity index (χ2v) is 11.1. The number of rotatable bonds is 7. The molecule has 228 valence electrons. The molecule has 0 saturated heterocycles. The van der Waals surface area contributed by atoms with Gasteiger partial charge < -0.3 is 35.6 Å². The highest BCUT2D eigenvalue weighted by Crippen LogP contribution is 2.35. The molecule has 0 spiro atoms. The Bertz CT molecular complexity index is 1640. The van der Waals surface area contributed by atoms with Crippen LogP contribution in [-0.2, 0) is 0 Å². The first-order valence-electron chi connectivity index (χ1n) is 14.6. The molecule has 10 nitrogen and oxygen atoms in total. The number of urea groups is 2. The van der Waals surface area contributed by atoms with E-state index >= 15 is 0 Å². The normalized spacial score (nSPS) is 17.0. The Balaban J connectivity index is 1.41. The van der Waals surface area contributed by atoms with Crippen molar-refractivity contribution in [2.45, 2.75) is 26.0 Å². The van der Waals surface area contributed by atoms with Crippen LogP contribution in [0.2, 0.25) is 0 Å². The highest BCUT2D eigenvalue weighted by atomic mass is 16.5. The number of likely N-dealkylation sites (N-methyl/N-ethyl adjacent to an activating group) is 1. The molecule has 10 heteroatoms. The number of benzene rings is 4. The summed E-state index contributed by atoms with van der Waals surface area (Å²) < 4.78 is 6.53. The topological polar surface area (TPSA) is 123 Å². The fourth-order valence-corrected chi connectivity index (χ4v) is 5.26. The average molecular weight is 596 g/mol. The van der Waals surface area contributed by atoms with Crippen LogP contribution in [0.5, 0.6) is 5.75 Å². The van der Waals surface area contributed by atoms with Gasteiger partial charge in [-0.1, -0.05) is 67.6 Å². The minimum absolute atomic E-state index is 0.192. The van der Waals surface area contributed by atoms with Crippen LogP contribution >= 0.6 is 0 Å². The largest absolute Gasteiger partial charge is 0.485 e. The first kappa shape index (κ1) is 30.4. The number of amides is 5. The Morgan fingerprint density at radius 1 is 0.932 bits per heavy atom. The zero-order chi connectivity index (χ0) is 31.2. The van der Waals surface area contributed by atoms with E-state index in [2.05, 4.69) is 16.0 Å². The molecule has 5 rings (SSSR count). The first-order chi connectivity index (χ1) is 21.2. The van der Waals surface area contributed by atoms with Crippen molar-refractivity contribution in [1.82, 2.24) is 9.80 Å². The third-order valence-electron chi connectivity index (χ3n) is 7.80. The molecule has 4 aromatic rings. The molecule has 4 aromatic carbocycles. The molecule has 0 aliphatic carbocycles. The lowest BCUT2D eigenvalue weighted by molar-refractivity contribution is 0.0373. The second kappa shape index (κ2) is 13.5. The van der Waals surface area contributed by atoms with Crippen LogP contribution in [-0.4, -0.2) is 71.8 Å². The van der Waals surface area contributed by atoms with E-state index in [1.54, 1.807) is 54.1 Å². The maximum atomic E-state index is 13.7. The molecule has 3 atom stereocenters. The number of para-hydroxylation sites is 2. The van der Waals surface area contributed by atoms with E-state index < -0.39 is 18.2 Å². The molecule has 1 heterocycles. The highest BCUT2D eigenvalue weighted by molar-refractivity contribution is 6.04. The van der Waals surface area contributed by atoms with Gasteiger partial charge in [-0.05, 0) is 42.6 Å². The summed E-state index contributed by atoms with van der Waals surface area (Å²) in [4.78, 5) is 43.2. The van der Waals surface area contributed by atoms with E-state index in [9.17, 15) is 19.5 Å². The summed E-state index contributed by atoms with van der Waals surface area (Å²) in [6.07, 6.45) is -0.557. The lowest BCUT2D eigenvalue weighted by Gasteiger charge is -2.38. The highest BCUT2D eigenvalue weighted by Gasteiger charge is 2.35. The molecule has 4 N–H and O–H groups in total. The van der Waals surface area contributed by atoms with Crippen LogP contribution in [0.25, 0.3) is 10.8 Å². The molecule has 0 bridgehead atoms. The third-order valence-corrected chi connectivity index (χ3v) is 7.80. The molecule has 0 saturated carbocycles. The predicted octanol–water partition coefficient (Wildman–Crippen LogP) is 5.87. The molecule has 5 amide bonds. The Labute approximate surface area is 256 Å². The molecule has 0 aromatic heterocycles. The monoisotopic (exact) mass is 595 g/mol. The number of anilines is 3. The van der Waals surface area contributed by atoms with Gasteiger partial charge in [-0.15, -0.1) is 0 Å². The molecule has 1 aliphatic rings. The van der Waals surface area contributed by atoms with Crippen molar-refractivity contribution in [3.05, 3.63) is 96.6 Å². The summed E-state index contributed by atoms with van der Waals surface area (Å²) in [5.74, 6) is -0.351. The predicted molar refractivity (Wildman–Crippen MR) is 172 cm³/mol. The van der Waals surface area contributed by atoms with Crippen LogP contribution in [0.3, 0.4) is 0 Å². The van der Waals surface area contributed by atoms with Crippen molar-refractivity contribution in [1.29, 1.82) is 0 Å². The van der Waals surface area contributed by atoms with Gasteiger partial charge in [0.15, 0.2) is 5.75 Å². The van der Waals surface area contributed by atoms with Gasteiger partial charge in [-0.3, -0.25) is 4.79 Å². The summed E-state index contributed by atoms with van der Waals surface area (Å²) in [7, 11) is 1.69. The molecule has 0 fully saturated rings. The second-order valence-electron chi connectivity index (χ2n) is 11.1. The van der Waals surface area contributed by atoms with E-state index in [1.807, 2.05) is 67.6 Å². The minimum atomic E-state index is -0.557. The molecular formula is C34H37N5O5. The van der Waals surface area contributed by atoms with Crippen LogP contribution in [0.1, 0.15) is 24.2 Å². The van der Waals surface area contributed by atoms with Gasteiger partial charge in [0.05, 0.1) is 36.1 Å². The van der Waals surface area contributed by atoms with Crippen LogP contribution in [0, 0.1) is 5.92 Å². The SMILES string of the molecule is C[C@@H]1CN([C@H](C)CO)C(=O)c2cccc(NC(=O)Nc3ccccc3)c2O[C@@H]1CN(C)C(=O)Nc1cccc2ccccc12. The number of aliphatic hydroxyl groups is 1. The summed E-state index contributed by atoms with van der Waals surface area (Å²) in [6, 6.07) is 26.3. The number of aliphatic hydroxyl groups excluding tert-OH is 1. The van der Waals surface area contributed by atoms with E-state index in [0.717, 1.165) is 10.8 Å². The Hall–Kier alpha value is -5.09. The van der Waals surface area contributed by atoms with Crippen LogP contribution in [0.15, 0.2) is 91.0 Å². The number of ether oxygens (including phenoxy) is 1. The van der Waals surface area contributed by atoms with Crippen molar-refractivity contribution >= 4 is 45.8 Å².